The molecule has 0 unspecified atom stereocenters. The van der Waals surface area contributed by atoms with Crippen molar-refractivity contribution < 1.29 is 19.5 Å². The van der Waals surface area contributed by atoms with E-state index in [1.54, 1.807) is 6.07 Å². The highest BCUT2D eigenvalue weighted by atomic mass is 35.5. The van der Waals surface area contributed by atoms with E-state index < -0.39 is 0 Å². The van der Waals surface area contributed by atoms with Crippen LogP contribution in [-0.4, -0.2) is 34.3 Å². The largest absolute Gasteiger partial charge is 0.506 e. The molecule has 3 fully saturated rings. The molecule has 1 heterocycles. The zero-order chi connectivity index (χ0) is 18.9. The molecule has 6 nitrogen and oxygen atoms in total. The number of imide groups is 1. The molecular weight excluding hydrogens is 368 g/mol. The molecule has 2 saturated carbocycles. The van der Waals surface area contributed by atoms with E-state index in [4.69, 9.17) is 11.6 Å². The Morgan fingerprint density at radius 3 is 2.37 bits per heavy atom. The highest BCUT2D eigenvalue weighted by Crippen LogP contribution is 2.65. The lowest BCUT2D eigenvalue weighted by Crippen LogP contribution is -2.40. The van der Waals surface area contributed by atoms with Gasteiger partial charge in [-0.3, -0.25) is 19.3 Å². The molecule has 6 atom stereocenters. The van der Waals surface area contributed by atoms with Crippen LogP contribution in [0.5, 0.6) is 5.75 Å². The number of phenols is 1. The van der Waals surface area contributed by atoms with E-state index in [0.717, 1.165) is 6.42 Å². The molecule has 0 aromatic heterocycles. The number of anilines is 1. The van der Waals surface area contributed by atoms with Crippen LogP contribution in [0, 0.1) is 35.5 Å². The molecule has 140 valence electrons. The minimum Gasteiger partial charge on any atom is -0.506 e. The lowest BCUT2D eigenvalue weighted by Gasteiger charge is -2.37. The predicted octanol–water partition coefficient (Wildman–Crippen LogP) is 2.43. The molecule has 2 N–H and O–H groups in total. The van der Waals surface area contributed by atoms with Gasteiger partial charge < -0.3 is 10.4 Å². The van der Waals surface area contributed by atoms with Gasteiger partial charge in [-0.05, 0) is 42.2 Å². The Morgan fingerprint density at radius 2 is 1.78 bits per heavy atom. The van der Waals surface area contributed by atoms with Crippen LogP contribution in [0.1, 0.15) is 12.8 Å². The lowest BCUT2D eigenvalue weighted by molar-refractivity contribution is -0.140. The van der Waals surface area contributed by atoms with E-state index in [0.29, 0.717) is 16.9 Å². The Kier molecular flexibility index (Phi) is 3.63. The summed E-state index contributed by atoms with van der Waals surface area (Å²) in [5, 5.41) is 12.8. The van der Waals surface area contributed by atoms with Gasteiger partial charge >= 0.3 is 0 Å². The molecule has 4 aliphatic carbocycles. The Bertz CT molecular complexity index is 862. The fraction of sp³-hybridized carbons (Fsp3) is 0.450. The number of rotatable bonds is 4. The van der Waals surface area contributed by atoms with Crippen LogP contribution >= 0.6 is 11.6 Å². The number of hydrogen-bond acceptors (Lipinski definition) is 4. The van der Waals surface area contributed by atoms with Gasteiger partial charge in [0.1, 0.15) is 5.75 Å². The lowest BCUT2D eigenvalue weighted by atomic mass is 9.63. The second-order valence-corrected chi connectivity index (χ2v) is 8.38. The van der Waals surface area contributed by atoms with Gasteiger partial charge in [-0.25, -0.2) is 0 Å². The number of aromatic hydroxyl groups is 1. The quantitative estimate of drug-likeness (QED) is 0.472. The number of halogens is 1. The fourth-order valence-electron chi connectivity index (χ4n) is 5.28. The number of allylic oxidation sites excluding steroid dienone is 2. The number of nitrogens with one attached hydrogen (secondary N) is 1. The maximum absolute atomic E-state index is 12.9. The van der Waals surface area contributed by atoms with Crippen molar-refractivity contribution in [2.75, 3.05) is 11.9 Å². The van der Waals surface area contributed by atoms with Gasteiger partial charge in [-0.1, -0.05) is 23.8 Å². The highest BCUT2D eigenvalue weighted by Gasteiger charge is 2.66. The molecule has 1 aliphatic heterocycles. The highest BCUT2D eigenvalue weighted by molar-refractivity contribution is 6.30. The molecule has 27 heavy (non-hydrogen) atoms. The summed E-state index contributed by atoms with van der Waals surface area (Å²) in [6.07, 6.45) is 5.38. The first-order valence-electron chi connectivity index (χ1n) is 9.27. The monoisotopic (exact) mass is 386 g/mol. The standard InChI is InChI=1S/C20H19ClN2O4/c21-9-1-4-14(15(24)7-9)22-16(25)5-6-23-19(26)17-10-2-3-11(13-8-12(10)13)18(17)20(23)27/h1-4,7,10-13,17-18,24H,5-6,8H2,(H,22,25)/t10-,11+,12-,13-,17+,18-/m1/s1. The van der Waals surface area contributed by atoms with Crippen LogP contribution in [0.3, 0.4) is 0 Å². The van der Waals surface area contributed by atoms with Gasteiger partial charge in [0, 0.05) is 24.1 Å². The molecule has 3 amide bonds. The average Bonchev–Trinajstić information content (AvgIpc) is 3.41. The number of carbonyl (C=O) groups excluding carboxylic acids is 3. The first-order chi connectivity index (χ1) is 13.0. The Morgan fingerprint density at radius 1 is 1.15 bits per heavy atom. The summed E-state index contributed by atoms with van der Waals surface area (Å²) in [6, 6.07) is 4.40. The number of phenolic OH excluding ortho intramolecular Hbond substituents is 1. The number of likely N-dealkylation sites (tertiary alicyclic amines) is 1. The molecule has 1 saturated heterocycles. The predicted molar refractivity (Wildman–Crippen MR) is 97.8 cm³/mol. The molecular formula is C20H19ClN2O4. The van der Waals surface area contributed by atoms with E-state index >= 15 is 0 Å². The van der Waals surface area contributed by atoms with Gasteiger partial charge in [-0.15, -0.1) is 0 Å². The number of amides is 3. The number of nitrogens with zero attached hydrogens (tertiary/aromatic N) is 1. The van der Waals surface area contributed by atoms with Crippen LogP contribution in [0.4, 0.5) is 5.69 Å². The topological polar surface area (TPSA) is 86.7 Å². The normalized spacial score (nSPS) is 35.2. The average molecular weight is 387 g/mol. The fourth-order valence-corrected chi connectivity index (χ4v) is 5.44. The van der Waals surface area contributed by atoms with Gasteiger partial charge in [0.2, 0.25) is 17.7 Å². The molecule has 1 aromatic rings. The van der Waals surface area contributed by atoms with Crippen molar-refractivity contribution in [3.63, 3.8) is 0 Å². The van der Waals surface area contributed by atoms with E-state index in [-0.39, 0.29) is 65.8 Å². The van der Waals surface area contributed by atoms with Crippen LogP contribution in [-0.2, 0) is 14.4 Å². The zero-order valence-corrected chi connectivity index (χ0v) is 15.2. The molecule has 0 spiro atoms. The summed E-state index contributed by atoms with van der Waals surface area (Å²) >= 11 is 5.78. The van der Waals surface area contributed by atoms with Gasteiger partial charge in [0.25, 0.3) is 0 Å². The van der Waals surface area contributed by atoms with Gasteiger partial charge in [0.15, 0.2) is 0 Å². The summed E-state index contributed by atoms with van der Waals surface area (Å²) in [5.41, 5.74) is 0.250. The molecule has 6 rings (SSSR count). The van der Waals surface area contributed by atoms with Crippen molar-refractivity contribution in [2.24, 2.45) is 35.5 Å². The number of carbonyl (C=O) groups is 3. The molecule has 0 radical (unpaired) electrons. The number of benzene rings is 1. The molecule has 2 bridgehead atoms. The van der Waals surface area contributed by atoms with Crippen LogP contribution in [0.25, 0.3) is 0 Å². The van der Waals surface area contributed by atoms with E-state index in [9.17, 15) is 19.5 Å². The second-order valence-electron chi connectivity index (χ2n) is 7.94. The van der Waals surface area contributed by atoms with E-state index in [1.165, 1.54) is 17.0 Å². The van der Waals surface area contributed by atoms with Crippen molar-refractivity contribution in [1.82, 2.24) is 4.90 Å². The second kappa shape index (κ2) is 5.83. The van der Waals surface area contributed by atoms with Crippen molar-refractivity contribution in [2.45, 2.75) is 12.8 Å². The Hall–Kier alpha value is -2.34. The maximum Gasteiger partial charge on any atom is 0.233 e. The zero-order valence-electron chi connectivity index (χ0n) is 14.5. The molecule has 5 aliphatic rings. The smallest absolute Gasteiger partial charge is 0.233 e. The number of hydrogen-bond donors (Lipinski definition) is 2. The summed E-state index contributed by atoms with van der Waals surface area (Å²) in [6.45, 7) is 0.0691. The Balaban J connectivity index is 1.25. The minimum atomic E-state index is -0.368. The summed E-state index contributed by atoms with van der Waals surface area (Å²) in [7, 11) is 0. The van der Waals surface area contributed by atoms with Crippen LogP contribution in [0.15, 0.2) is 30.4 Å². The third-order valence-corrected chi connectivity index (χ3v) is 6.79. The SMILES string of the molecule is O=C(CCN1C(=O)[C@@H]2[C@H]3C=C[C@H]([C@H]4C[C@H]34)[C@@H]2C1=O)Nc1ccc(Cl)cc1O. The van der Waals surface area contributed by atoms with E-state index in [2.05, 4.69) is 17.5 Å². The summed E-state index contributed by atoms with van der Waals surface area (Å²) in [4.78, 5) is 39.2. The van der Waals surface area contributed by atoms with E-state index in [1.807, 2.05) is 0 Å². The Labute approximate surface area is 161 Å². The third-order valence-electron chi connectivity index (χ3n) is 6.55. The van der Waals surface area contributed by atoms with Crippen molar-refractivity contribution in [1.29, 1.82) is 0 Å². The van der Waals surface area contributed by atoms with Gasteiger partial charge in [-0.2, -0.15) is 0 Å². The maximum atomic E-state index is 12.9. The summed E-state index contributed by atoms with van der Waals surface area (Å²) in [5.74, 6) is 0.276. The van der Waals surface area contributed by atoms with Crippen LogP contribution in [0.2, 0.25) is 5.02 Å². The first kappa shape index (κ1) is 16.8. The van der Waals surface area contributed by atoms with Crippen molar-refractivity contribution in [3.05, 3.63) is 35.4 Å². The third kappa shape index (κ3) is 2.50. The van der Waals surface area contributed by atoms with Gasteiger partial charge in [0.05, 0.1) is 17.5 Å². The van der Waals surface area contributed by atoms with Crippen LogP contribution < -0.4 is 5.32 Å². The first-order valence-corrected chi connectivity index (χ1v) is 9.65. The minimum absolute atomic E-state index is 0.00535. The van der Waals surface area contributed by atoms with Crippen molar-refractivity contribution >= 4 is 35.0 Å². The summed E-state index contributed by atoms with van der Waals surface area (Å²) < 4.78 is 0. The van der Waals surface area contributed by atoms with Crippen molar-refractivity contribution in [3.8, 4) is 5.75 Å². The molecule has 1 aromatic carbocycles. The molecule has 7 heteroatoms.